The fourth-order valence-corrected chi connectivity index (χ4v) is 4.57. The predicted molar refractivity (Wildman–Crippen MR) is 130 cm³/mol. The summed E-state index contributed by atoms with van der Waals surface area (Å²) in [7, 11) is 1.64. The summed E-state index contributed by atoms with van der Waals surface area (Å²) in [5.74, 6) is -0.721. The molecule has 2 amide bonds. The van der Waals surface area contributed by atoms with Gasteiger partial charge in [-0.1, -0.05) is 30.8 Å². The fourth-order valence-electron chi connectivity index (χ4n) is 3.20. The van der Waals surface area contributed by atoms with Gasteiger partial charge in [0.15, 0.2) is 5.16 Å². The Bertz CT molecular complexity index is 1130. The van der Waals surface area contributed by atoms with E-state index < -0.39 is 5.91 Å². The topological polar surface area (TPSA) is 136 Å². The number of nitrogen functional groups attached to an aromatic ring is 1. The zero-order valence-electron chi connectivity index (χ0n) is 18.2. The third-order valence-corrected chi connectivity index (χ3v) is 6.48. The fraction of sp³-hybridized carbons (Fsp3) is 0.333. The van der Waals surface area contributed by atoms with Crippen LogP contribution in [0.3, 0.4) is 0 Å². The number of aromatic nitrogens is 2. The second-order valence-corrected chi connectivity index (χ2v) is 8.71. The smallest absolute Gasteiger partial charge is 0.260 e. The van der Waals surface area contributed by atoms with E-state index in [2.05, 4.69) is 15.3 Å². The summed E-state index contributed by atoms with van der Waals surface area (Å²) < 4.78 is 5.09. The van der Waals surface area contributed by atoms with Crippen molar-refractivity contribution in [3.05, 3.63) is 29.1 Å². The van der Waals surface area contributed by atoms with Crippen LogP contribution in [0, 0.1) is 0 Å². The summed E-state index contributed by atoms with van der Waals surface area (Å²) in [5, 5.41) is 4.07. The maximum Gasteiger partial charge on any atom is 0.260 e. The highest BCUT2D eigenvalue weighted by atomic mass is 32.2. The maximum atomic E-state index is 12.5. The molecule has 9 nitrogen and oxygen atoms in total. The van der Waals surface area contributed by atoms with Gasteiger partial charge in [0.25, 0.3) is 5.91 Å². The number of ether oxygens (including phenoxy) is 1. The number of methoxy groups -OCH3 is 1. The van der Waals surface area contributed by atoms with Crippen molar-refractivity contribution in [2.75, 3.05) is 50.7 Å². The van der Waals surface area contributed by atoms with Crippen molar-refractivity contribution in [2.45, 2.75) is 12.1 Å². The highest BCUT2D eigenvalue weighted by Crippen LogP contribution is 2.39. The van der Waals surface area contributed by atoms with E-state index in [1.807, 2.05) is 42.3 Å². The number of benzene rings is 1. The molecule has 0 saturated carbocycles. The number of nitrogens with two attached hydrogens (primary N) is 2. The molecule has 32 heavy (non-hydrogen) atoms. The minimum Gasteiger partial charge on any atom is -0.397 e. The molecule has 0 atom stereocenters. The maximum absolute atomic E-state index is 12.5. The van der Waals surface area contributed by atoms with Gasteiger partial charge in [-0.25, -0.2) is 9.97 Å². The number of thiophene rings is 1. The van der Waals surface area contributed by atoms with Crippen LogP contribution >= 0.6 is 23.1 Å². The molecular formula is C21H26N6O3S2. The normalized spacial score (nSPS) is 11.2. The van der Waals surface area contributed by atoms with Crippen LogP contribution in [-0.2, 0) is 9.53 Å². The van der Waals surface area contributed by atoms with Crippen molar-refractivity contribution in [3.8, 4) is 11.3 Å². The Kier molecular flexibility index (Phi) is 8.02. The third-order valence-electron chi connectivity index (χ3n) is 4.82. The lowest BCUT2D eigenvalue weighted by molar-refractivity contribution is -0.117. The van der Waals surface area contributed by atoms with Crippen molar-refractivity contribution in [1.82, 2.24) is 14.9 Å². The van der Waals surface area contributed by atoms with Crippen molar-refractivity contribution >= 4 is 56.5 Å². The lowest BCUT2D eigenvalue weighted by Crippen LogP contribution is -2.35. The molecule has 0 aliphatic heterocycles. The molecule has 0 aliphatic carbocycles. The monoisotopic (exact) mass is 474 g/mol. The van der Waals surface area contributed by atoms with Gasteiger partial charge in [0.05, 0.1) is 29.9 Å². The average molecular weight is 475 g/mol. The first-order valence-corrected chi connectivity index (χ1v) is 12.0. The quantitative estimate of drug-likeness (QED) is 0.301. The number of nitrogens with zero attached hydrogens (tertiary/aromatic N) is 3. The molecule has 1 aromatic carbocycles. The van der Waals surface area contributed by atoms with E-state index >= 15 is 0 Å². The minimum atomic E-state index is -0.600. The van der Waals surface area contributed by atoms with E-state index in [1.54, 1.807) is 7.11 Å². The molecule has 3 aromatic rings. The van der Waals surface area contributed by atoms with Crippen LogP contribution < -0.4 is 16.8 Å². The number of nitrogens with one attached hydrogen (secondary N) is 1. The Morgan fingerprint density at radius 1 is 1.31 bits per heavy atom. The second-order valence-electron chi connectivity index (χ2n) is 6.94. The number of hydrogen-bond donors (Lipinski definition) is 3. The van der Waals surface area contributed by atoms with Gasteiger partial charge in [-0.15, -0.1) is 11.3 Å². The first-order chi connectivity index (χ1) is 15.4. The van der Waals surface area contributed by atoms with Crippen LogP contribution in [0.5, 0.6) is 0 Å². The Hall–Kier alpha value is -2.73. The predicted octanol–water partition coefficient (Wildman–Crippen LogP) is 2.67. The van der Waals surface area contributed by atoms with E-state index in [4.69, 9.17) is 16.2 Å². The highest BCUT2D eigenvalue weighted by molar-refractivity contribution is 7.98. The van der Waals surface area contributed by atoms with Crippen LogP contribution in [0.15, 0.2) is 29.4 Å². The van der Waals surface area contributed by atoms with Gasteiger partial charge in [0.1, 0.15) is 9.71 Å². The zero-order chi connectivity index (χ0) is 23.3. The zero-order valence-corrected chi connectivity index (χ0v) is 19.8. The SMILES string of the molecule is CCN(CCOC)CC(=O)Nc1cccc(-c2nc(SC)nc3sc(C(N)=O)c(N)c23)c1. The first kappa shape index (κ1) is 23.9. The number of rotatable bonds is 10. The highest BCUT2D eigenvalue weighted by Gasteiger charge is 2.21. The standard InChI is InChI=1S/C21H26N6O3S2/c1-4-27(8-9-30-2)11-14(28)24-13-7-5-6-12(10-13)17-15-16(22)18(19(23)29)32-20(15)26-21(25-17)31-3/h5-7,10H,4,8-9,11,22H2,1-3H3,(H2,23,29)(H,24,28). The van der Waals surface area contributed by atoms with Crippen LogP contribution in [0.4, 0.5) is 11.4 Å². The van der Waals surface area contributed by atoms with Crippen LogP contribution in [0.2, 0.25) is 0 Å². The number of carbonyl (C=O) groups excluding carboxylic acids is 2. The molecule has 11 heteroatoms. The number of anilines is 2. The van der Waals surface area contributed by atoms with Gasteiger partial charge in [-0.05, 0) is 24.9 Å². The largest absolute Gasteiger partial charge is 0.397 e. The number of hydrogen-bond acceptors (Lipinski definition) is 9. The molecule has 0 bridgehead atoms. The van der Waals surface area contributed by atoms with Gasteiger partial charge in [0.2, 0.25) is 5.91 Å². The van der Waals surface area contributed by atoms with Gasteiger partial charge in [-0.2, -0.15) is 0 Å². The molecule has 0 fully saturated rings. The Morgan fingerprint density at radius 2 is 2.09 bits per heavy atom. The van der Waals surface area contributed by atoms with Gasteiger partial charge < -0.3 is 21.5 Å². The third kappa shape index (κ3) is 5.36. The summed E-state index contributed by atoms with van der Waals surface area (Å²) in [6.07, 6.45) is 1.87. The van der Waals surface area contributed by atoms with Crippen LogP contribution in [0.25, 0.3) is 21.5 Å². The Balaban J connectivity index is 1.93. The van der Waals surface area contributed by atoms with Crippen molar-refractivity contribution < 1.29 is 14.3 Å². The Labute approximate surface area is 194 Å². The Morgan fingerprint density at radius 3 is 2.75 bits per heavy atom. The molecule has 0 aliphatic rings. The van der Waals surface area contributed by atoms with E-state index in [9.17, 15) is 9.59 Å². The van der Waals surface area contributed by atoms with Gasteiger partial charge >= 0.3 is 0 Å². The lowest BCUT2D eigenvalue weighted by atomic mass is 10.1. The minimum absolute atomic E-state index is 0.121. The molecule has 0 saturated heterocycles. The summed E-state index contributed by atoms with van der Waals surface area (Å²) in [4.78, 5) is 36.3. The molecule has 5 N–H and O–H groups in total. The van der Waals surface area contributed by atoms with E-state index in [0.717, 1.165) is 23.4 Å². The summed E-state index contributed by atoms with van der Waals surface area (Å²) in [6.45, 7) is 4.24. The molecule has 0 spiro atoms. The first-order valence-electron chi connectivity index (χ1n) is 9.93. The van der Waals surface area contributed by atoms with E-state index in [0.29, 0.717) is 39.9 Å². The van der Waals surface area contributed by atoms with Crippen molar-refractivity contribution in [3.63, 3.8) is 0 Å². The molecular weight excluding hydrogens is 448 g/mol. The number of primary amides is 1. The lowest BCUT2D eigenvalue weighted by Gasteiger charge is -2.19. The van der Waals surface area contributed by atoms with Gasteiger partial charge in [-0.3, -0.25) is 14.5 Å². The summed E-state index contributed by atoms with van der Waals surface area (Å²) >= 11 is 2.54. The van der Waals surface area contributed by atoms with Gasteiger partial charge in [0, 0.05) is 24.9 Å². The number of thioether (sulfide) groups is 1. The summed E-state index contributed by atoms with van der Waals surface area (Å²) in [5.41, 5.74) is 14.0. The number of likely N-dealkylation sites (N-methyl/N-ethyl adjacent to an activating group) is 1. The second kappa shape index (κ2) is 10.7. The molecule has 0 radical (unpaired) electrons. The summed E-state index contributed by atoms with van der Waals surface area (Å²) in [6, 6.07) is 7.35. The van der Waals surface area contributed by atoms with Crippen molar-refractivity contribution in [2.24, 2.45) is 5.73 Å². The van der Waals surface area contributed by atoms with E-state index in [-0.39, 0.29) is 23.0 Å². The molecule has 170 valence electrons. The molecule has 2 aromatic heterocycles. The average Bonchev–Trinajstić information content (AvgIpc) is 3.12. The molecule has 3 rings (SSSR count). The van der Waals surface area contributed by atoms with Crippen molar-refractivity contribution in [1.29, 1.82) is 0 Å². The van der Waals surface area contributed by atoms with Crippen LogP contribution in [0.1, 0.15) is 16.6 Å². The van der Waals surface area contributed by atoms with Crippen LogP contribution in [-0.4, -0.2) is 66.3 Å². The number of fused-ring (bicyclic) bond motifs is 1. The number of carbonyl (C=O) groups is 2. The number of amides is 2. The molecule has 2 heterocycles. The molecule has 0 unspecified atom stereocenters. The van der Waals surface area contributed by atoms with E-state index in [1.165, 1.54) is 11.8 Å².